The second kappa shape index (κ2) is 10.7. The minimum Gasteiger partial charge on any atom is -0.495 e. The number of hydrogen-bond acceptors (Lipinski definition) is 5. The molecule has 0 spiro atoms. The molecule has 0 aromatic heterocycles. The third kappa shape index (κ3) is 6.05. The van der Waals surface area contributed by atoms with Gasteiger partial charge in [-0.05, 0) is 43.2 Å². The molecule has 178 valence electrons. The van der Waals surface area contributed by atoms with Gasteiger partial charge in [-0.25, -0.2) is 17.2 Å². The van der Waals surface area contributed by atoms with Crippen molar-refractivity contribution < 1.29 is 31.5 Å². The summed E-state index contributed by atoms with van der Waals surface area (Å²) in [5.74, 6) is -2.83. The van der Waals surface area contributed by atoms with E-state index in [4.69, 9.17) is 4.74 Å². The molecule has 8 nitrogen and oxygen atoms in total. The summed E-state index contributed by atoms with van der Waals surface area (Å²) in [7, 11) is -2.31. The van der Waals surface area contributed by atoms with Crippen LogP contribution in [0.25, 0.3) is 0 Å². The van der Waals surface area contributed by atoms with E-state index >= 15 is 0 Å². The van der Waals surface area contributed by atoms with E-state index in [-0.39, 0.29) is 34.9 Å². The van der Waals surface area contributed by atoms with Crippen LogP contribution in [-0.4, -0.2) is 51.3 Å². The highest BCUT2D eigenvalue weighted by molar-refractivity contribution is 7.89. The maximum atomic E-state index is 13.7. The molecule has 0 unspecified atom stereocenters. The Morgan fingerprint density at radius 3 is 2.45 bits per heavy atom. The van der Waals surface area contributed by atoms with Crippen molar-refractivity contribution in [1.29, 1.82) is 0 Å². The Kier molecular flexibility index (Phi) is 7.98. The first kappa shape index (κ1) is 24.6. The van der Waals surface area contributed by atoms with Gasteiger partial charge in [0.05, 0.1) is 23.3 Å². The van der Waals surface area contributed by atoms with Crippen molar-refractivity contribution in [3.05, 3.63) is 53.6 Å². The molecule has 1 heterocycles. The SMILES string of the molecule is COc1ccc(S(=O)(=O)N2CCCCC2)cc1NC(=O)CCNC(=O)c1ccc(F)cc1F. The fourth-order valence-electron chi connectivity index (χ4n) is 3.47. The van der Waals surface area contributed by atoms with Crippen molar-refractivity contribution in [2.24, 2.45) is 0 Å². The number of hydrogen-bond donors (Lipinski definition) is 2. The smallest absolute Gasteiger partial charge is 0.254 e. The Hall–Kier alpha value is -3.05. The average molecular weight is 482 g/mol. The summed E-state index contributed by atoms with van der Waals surface area (Å²) >= 11 is 0. The number of anilines is 1. The molecule has 2 aromatic rings. The summed E-state index contributed by atoms with van der Waals surface area (Å²) in [6, 6.07) is 6.80. The predicted molar refractivity (Wildman–Crippen MR) is 118 cm³/mol. The first-order chi connectivity index (χ1) is 15.7. The highest BCUT2D eigenvalue weighted by Gasteiger charge is 2.27. The maximum absolute atomic E-state index is 13.7. The molecule has 1 aliphatic heterocycles. The van der Waals surface area contributed by atoms with Gasteiger partial charge in [-0.2, -0.15) is 4.31 Å². The molecule has 2 amide bonds. The zero-order valence-electron chi connectivity index (χ0n) is 18.1. The number of sulfonamides is 1. The summed E-state index contributed by atoms with van der Waals surface area (Å²) < 4.78 is 59.1. The monoisotopic (exact) mass is 481 g/mol. The first-order valence-electron chi connectivity index (χ1n) is 10.4. The largest absolute Gasteiger partial charge is 0.495 e. The number of methoxy groups -OCH3 is 1. The van der Waals surface area contributed by atoms with Crippen molar-refractivity contribution in [3.63, 3.8) is 0 Å². The van der Waals surface area contributed by atoms with Crippen molar-refractivity contribution in [1.82, 2.24) is 9.62 Å². The van der Waals surface area contributed by atoms with Crippen LogP contribution in [0.2, 0.25) is 0 Å². The van der Waals surface area contributed by atoms with Crippen molar-refractivity contribution in [2.45, 2.75) is 30.6 Å². The van der Waals surface area contributed by atoms with Crippen molar-refractivity contribution in [2.75, 3.05) is 32.1 Å². The number of rotatable bonds is 8. The van der Waals surface area contributed by atoms with Gasteiger partial charge in [0.2, 0.25) is 15.9 Å². The summed E-state index contributed by atoms with van der Waals surface area (Å²) in [5, 5.41) is 4.97. The number of halogens is 2. The number of carbonyl (C=O) groups excluding carboxylic acids is 2. The standard InChI is InChI=1S/C22H25F2N3O5S/c1-32-20-8-6-16(33(30,31)27-11-3-2-4-12-27)14-19(20)26-21(28)9-10-25-22(29)17-7-5-15(23)13-18(17)24/h5-8,13-14H,2-4,9-12H2,1H3,(H,25,29)(H,26,28). The van der Waals surface area contributed by atoms with Gasteiger partial charge in [-0.15, -0.1) is 0 Å². The average Bonchev–Trinajstić information content (AvgIpc) is 2.79. The minimum atomic E-state index is -3.70. The molecule has 1 fully saturated rings. The molecule has 2 aromatic carbocycles. The molecule has 2 N–H and O–H groups in total. The Morgan fingerprint density at radius 2 is 1.79 bits per heavy atom. The number of nitrogens with zero attached hydrogens (tertiary/aromatic N) is 1. The fraction of sp³-hybridized carbons (Fsp3) is 0.364. The molecule has 0 bridgehead atoms. The number of benzene rings is 2. The third-order valence-electron chi connectivity index (χ3n) is 5.21. The van der Waals surface area contributed by atoms with Crippen molar-refractivity contribution in [3.8, 4) is 5.75 Å². The molecular weight excluding hydrogens is 456 g/mol. The number of ether oxygens (including phenoxy) is 1. The van der Waals surface area contributed by atoms with Crippen molar-refractivity contribution >= 4 is 27.5 Å². The number of piperidine rings is 1. The number of amides is 2. The Balaban J connectivity index is 1.63. The van der Waals surface area contributed by atoms with Gasteiger partial charge in [-0.3, -0.25) is 9.59 Å². The lowest BCUT2D eigenvalue weighted by molar-refractivity contribution is -0.116. The van der Waals surface area contributed by atoms with Gasteiger partial charge in [0.15, 0.2) is 0 Å². The Bertz CT molecular complexity index is 1130. The van der Waals surface area contributed by atoms with Crippen LogP contribution < -0.4 is 15.4 Å². The molecule has 11 heteroatoms. The van der Waals surface area contributed by atoms with Gasteiger partial charge in [0, 0.05) is 32.1 Å². The van der Waals surface area contributed by atoms with Gasteiger partial charge >= 0.3 is 0 Å². The van der Waals surface area contributed by atoms with E-state index in [2.05, 4.69) is 10.6 Å². The highest BCUT2D eigenvalue weighted by Crippen LogP contribution is 2.30. The summed E-state index contributed by atoms with van der Waals surface area (Å²) in [4.78, 5) is 24.4. The van der Waals surface area contributed by atoms with E-state index in [1.54, 1.807) is 0 Å². The van der Waals surface area contributed by atoms with Crippen LogP contribution in [0.1, 0.15) is 36.0 Å². The zero-order chi connectivity index (χ0) is 24.0. The normalized spacial score (nSPS) is 14.5. The minimum absolute atomic E-state index is 0.0422. The van der Waals surface area contributed by atoms with E-state index < -0.39 is 33.5 Å². The predicted octanol–water partition coefficient (Wildman–Crippen LogP) is 2.91. The maximum Gasteiger partial charge on any atom is 0.254 e. The highest BCUT2D eigenvalue weighted by atomic mass is 32.2. The summed E-state index contributed by atoms with van der Waals surface area (Å²) in [6.07, 6.45) is 2.42. The lowest BCUT2D eigenvalue weighted by Gasteiger charge is -2.26. The second-order valence-corrected chi connectivity index (χ2v) is 9.44. The van der Waals surface area contributed by atoms with Crippen LogP contribution in [0.3, 0.4) is 0 Å². The fourth-order valence-corrected chi connectivity index (χ4v) is 5.01. The van der Waals surface area contributed by atoms with Crippen LogP contribution in [0.4, 0.5) is 14.5 Å². The Morgan fingerprint density at radius 1 is 1.06 bits per heavy atom. The van der Waals surface area contributed by atoms with Gasteiger partial charge in [-0.1, -0.05) is 6.42 Å². The first-order valence-corrected chi connectivity index (χ1v) is 11.9. The molecule has 0 radical (unpaired) electrons. The van der Waals surface area contributed by atoms with Crippen LogP contribution in [0, 0.1) is 11.6 Å². The van der Waals surface area contributed by atoms with E-state index in [0.29, 0.717) is 19.2 Å². The van der Waals surface area contributed by atoms with Gasteiger partial charge in [0.1, 0.15) is 17.4 Å². The van der Waals surface area contributed by atoms with E-state index in [9.17, 15) is 26.8 Å². The molecule has 0 saturated carbocycles. The quantitative estimate of drug-likeness (QED) is 0.603. The van der Waals surface area contributed by atoms with E-state index in [1.165, 1.54) is 29.6 Å². The number of nitrogens with one attached hydrogen (secondary N) is 2. The molecule has 0 aliphatic carbocycles. The third-order valence-corrected chi connectivity index (χ3v) is 7.11. The van der Waals surface area contributed by atoms with Gasteiger partial charge < -0.3 is 15.4 Å². The molecule has 3 rings (SSSR count). The molecule has 0 atom stereocenters. The second-order valence-electron chi connectivity index (χ2n) is 7.51. The number of carbonyl (C=O) groups is 2. The topological polar surface area (TPSA) is 105 Å². The van der Waals surface area contributed by atoms with Crippen LogP contribution in [-0.2, 0) is 14.8 Å². The summed E-state index contributed by atoms with van der Waals surface area (Å²) in [6.45, 7) is 0.782. The zero-order valence-corrected chi connectivity index (χ0v) is 18.9. The lowest BCUT2D eigenvalue weighted by atomic mass is 10.2. The molecule has 1 saturated heterocycles. The molecule has 1 aliphatic rings. The van der Waals surface area contributed by atoms with E-state index in [0.717, 1.165) is 31.4 Å². The van der Waals surface area contributed by atoms with Crippen LogP contribution >= 0.6 is 0 Å². The lowest BCUT2D eigenvalue weighted by Crippen LogP contribution is -2.35. The van der Waals surface area contributed by atoms with Crippen LogP contribution in [0.15, 0.2) is 41.3 Å². The Labute approximate surface area is 191 Å². The van der Waals surface area contributed by atoms with Gasteiger partial charge in [0.25, 0.3) is 5.91 Å². The van der Waals surface area contributed by atoms with Crippen LogP contribution in [0.5, 0.6) is 5.75 Å². The molecule has 33 heavy (non-hydrogen) atoms. The van der Waals surface area contributed by atoms with E-state index in [1.807, 2.05) is 0 Å². The summed E-state index contributed by atoms with van der Waals surface area (Å²) in [5.41, 5.74) is -0.161. The molecular formula is C22H25F2N3O5S.